The molecule has 1 N–H and O–H groups in total. The third kappa shape index (κ3) is 6.56. The predicted molar refractivity (Wildman–Crippen MR) is 116 cm³/mol. The zero-order valence-corrected chi connectivity index (χ0v) is 17.6. The molecule has 0 aliphatic heterocycles. The Kier molecular flexibility index (Phi) is 9.90. The second kappa shape index (κ2) is 11.6. The Hall–Kier alpha value is -2.04. The number of esters is 1. The van der Waals surface area contributed by atoms with Crippen molar-refractivity contribution < 1.29 is 9.53 Å². The summed E-state index contributed by atoms with van der Waals surface area (Å²) in [6.45, 7) is 11.9. The molecule has 0 bridgehead atoms. The van der Waals surface area contributed by atoms with Crippen molar-refractivity contribution in [3.63, 3.8) is 0 Å². The predicted octanol–water partition coefficient (Wildman–Crippen LogP) is 5.36. The zero-order chi connectivity index (χ0) is 18.9. The van der Waals surface area contributed by atoms with Gasteiger partial charge in [0.25, 0.3) is 0 Å². The molecule has 2 aromatic carbocycles. The number of ether oxygens (including phenoxy) is 1. The highest BCUT2D eigenvalue weighted by Gasteiger charge is 2.13. The molecular formula is C22H31ClN2O2. The van der Waals surface area contributed by atoms with Gasteiger partial charge in [-0.3, -0.25) is 0 Å². The van der Waals surface area contributed by atoms with Gasteiger partial charge in [-0.1, -0.05) is 38.1 Å². The minimum Gasteiger partial charge on any atom is -0.462 e. The van der Waals surface area contributed by atoms with Gasteiger partial charge in [0.15, 0.2) is 0 Å². The summed E-state index contributed by atoms with van der Waals surface area (Å²) >= 11 is 0. The Morgan fingerprint density at radius 1 is 1.00 bits per heavy atom. The number of anilines is 2. The van der Waals surface area contributed by atoms with Gasteiger partial charge in [-0.2, -0.15) is 0 Å². The first-order valence-electron chi connectivity index (χ1n) is 9.38. The molecular weight excluding hydrogens is 360 g/mol. The lowest BCUT2D eigenvalue weighted by molar-refractivity contribution is 0.0490. The highest BCUT2D eigenvalue weighted by molar-refractivity contribution is 5.96. The monoisotopic (exact) mass is 390 g/mol. The van der Waals surface area contributed by atoms with E-state index in [2.05, 4.69) is 44.0 Å². The number of halogens is 1. The molecule has 27 heavy (non-hydrogen) atoms. The number of carbonyl (C=O) groups is 1. The van der Waals surface area contributed by atoms with Gasteiger partial charge in [0.1, 0.15) is 0 Å². The van der Waals surface area contributed by atoms with Crippen LogP contribution in [-0.4, -0.2) is 37.1 Å². The van der Waals surface area contributed by atoms with E-state index in [0.29, 0.717) is 12.2 Å². The van der Waals surface area contributed by atoms with Gasteiger partial charge in [-0.25, -0.2) is 4.79 Å². The van der Waals surface area contributed by atoms with E-state index >= 15 is 0 Å². The lowest BCUT2D eigenvalue weighted by Gasteiger charge is -2.18. The summed E-state index contributed by atoms with van der Waals surface area (Å²) in [6.07, 6.45) is 0.847. The molecule has 5 heteroatoms. The summed E-state index contributed by atoms with van der Waals surface area (Å²) < 4.78 is 5.49. The van der Waals surface area contributed by atoms with Gasteiger partial charge in [0.2, 0.25) is 0 Å². The second-order valence-electron chi connectivity index (χ2n) is 6.43. The summed E-state index contributed by atoms with van der Waals surface area (Å²) in [5.41, 5.74) is 4.74. The van der Waals surface area contributed by atoms with E-state index in [1.807, 2.05) is 30.3 Å². The van der Waals surface area contributed by atoms with Gasteiger partial charge in [0.05, 0.1) is 17.9 Å². The highest BCUT2D eigenvalue weighted by atomic mass is 35.5. The van der Waals surface area contributed by atoms with Crippen molar-refractivity contribution in [3.8, 4) is 0 Å². The third-order valence-corrected chi connectivity index (χ3v) is 4.77. The number of hydrogen-bond donors (Lipinski definition) is 1. The molecule has 0 saturated heterocycles. The maximum absolute atomic E-state index is 12.5. The standard InChI is InChI=1S/C22H30N2O2.ClH/c1-5-24(6-2)15-10-16-26-22(25)19-12-7-8-13-21(19)23-20-14-9-11-17(3)18(20)4;/h7-9,11-14,23H,5-6,10,15-16H2,1-4H3;1H. The fourth-order valence-corrected chi connectivity index (χ4v) is 2.87. The number of para-hydroxylation sites is 1. The van der Waals surface area contributed by atoms with Crippen molar-refractivity contribution in [3.05, 3.63) is 59.2 Å². The minimum atomic E-state index is -0.280. The molecule has 0 spiro atoms. The maximum Gasteiger partial charge on any atom is 0.340 e. The molecule has 0 heterocycles. The van der Waals surface area contributed by atoms with Crippen molar-refractivity contribution in [2.75, 3.05) is 31.6 Å². The van der Waals surface area contributed by atoms with E-state index < -0.39 is 0 Å². The van der Waals surface area contributed by atoms with E-state index in [1.54, 1.807) is 6.07 Å². The van der Waals surface area contributed by atoms with Crippen LogP contribution in [0.25, 0.3) is 0 Å². The molecule has 2 aromatic rings. The van der Waals surface area contributed by atoms with Crippen LogP contribution in [0.4, 0.5) is 11.4 Å². The Morgan fingerprint density at radius 3 is 2.37 bits per heavy atom. The quantitative estimate of drug-likeness (QED) is 0.462. The zero-order valence-electron chi connectivity index (χ0n) is 16.7. The lowest BCUT2D eigenvalue weighted by atomic mass is 10.1. The van der Waals surface area contributed by atoms with Gasteiger partial charge in [-0.15, -0.1) is 12.4 Å². The van der Waals surface area contributed by atoms with Crippen LogP contribution in [0.3, 0.4) is 0 Å². The molecule has 2 rings (SSSR count). The molecule has 0 aliphatic carbocycles. The molecule has 0 atom stereocenters. The van der Waals surface area contributed by atoms with Gasteiger partial charge >= 0.3 is 5.97 Å². The lowest BCUT2D eigenvalue weighted by Crippen LogP contribution is -2.25. The van der Waals surface area contributed by atoms with Crippen LogP contribution < -0.4 is 5.32 Å². The second-order valence-corrected chi connectivity index (χ2v) is 6.43. The van der Waals surface area contributed by atoms with Crippen molar-refractivity contribution in [2.24, 2.45) is 0 Å². The van der Waals surface area contributed by atoms with E-state index in [9.17, 15) is 4.79 Å². The minimum absolute atomic E-state index is 0. The number of nitrogens with zero attached hydrogens (tertiary/aromatic N) is 1. The van der Waals surface area contributed by atoms with E-state index in [4.69, 9.17) is 4.74 Å². The van der Waals surface area contributed by atoms with E-state index in [-0.39, 0.29) is 18.4 Å². The van der Waals surface area contributed by atoms with Crippen LogP contribution in [0.15, 0.2) is 42.5 Å². The Balaban J connectivity index is 0.00000364. The molecule has 0 fully saturated rings. The molecule has 0 radical (unpaired) electrons. The summed E-state index contributed by atoms with van der Waals surface area (Å²) in [5, 5.41) is 3.38. The van der Waals surface area contributed by atoms with Crippen LogP contribution in [0.5, 0.6) is 0 Å². The molecule has 4 nitrogen and oxygen atoms in total. The van der Waals surface area contributed by atoms with Crippen LogP contribution in [0.2, 0.25) is 0 Å². The van der Waals surface area contributed by atoms with Crippen LogP contribution in [0.1, 0.15) is 41.8 Å². The van der Waals surface area contributed by atoms with Crippen molar-refractivity contribution in [1.29, 1.82) is 0 Å². The topological polar surface area (TPSA) is 41.6 Å². The maximum atomic E-state index is 12.5. The van der Waals surface area contributed by atoms with E-state index in [0.717, 1.165) is 37.4 Å². The Morgan fingerprint density at radius 2 is 1.67 bits per heavy atom. The number of hydrogen-bond acceptors (Lipinski definition) is 4. The molecule has 0 aromatic heterocycles. The molecule has 0 amide bonds. The largest absolute Gasteiger partial charge is 0.462 e. The average molecular weight is 391 g/mol. The van der Waals surface area contributed by atoms with Crippen LogP contribution >= 0.6 is 12.4 Å². The average Bonchev–Trinajstić information content (AvgIpc) is 2.66. The number of benzene rings is 2. The van der Waals surface area contributed by atoms with Crippen molar-refractivity contribution in [2.45, 2.75) is 34.1 Å². The Labute approximate surface area is 169 Å². The smallest absolute Gasteiger partial charge is 0.340 e. The number of nitrogens with one attached hydrogen (secondary N) is 1. The fraction of sp³-hybridized carbons (Fsp3) is 0.409. The Bertz CT molecular complexity index is 730. The van der Waals surface area contributed by atoms with Crippen molar-refractivity contribution in [1.82, 2.24) is 4.90 Å². The molecule has 0 saturated carbocycles. The van der Waals surface area contributed by atoms with Crippen LogP contribution in [0, 0.1) is 13.8 Å². The first kappa shape index (κ1) is 23.0. The van der Waals surface area contributed by atoms with Crippen molar-refractivity contribution >= 4 is 29.8 Å². The summed E-state index contributed by atoms with van der Waals surface area (Å²) in [6, 6.07) is 13.6. The summed E-state index contributed by atoms with van der Waals surface area (Å²) in [5.74, 6) is -0.280. The summed E-state index contributed by atoms with van der Waals surface area (Å²) in [4.78, 5) is 14.8. The molecule has 0 unspecified atom stereocenters. The highest BCUT2D eigenvalue weighted by Crippen LogP contribution is 2.25. The first-order valence-corrected chi connectivity index (χ1v) is 9.38. The SMILES string of the molecule is CCN(CC)CCCOC(=O)c1ccccc1Nc1cccc(C)c1C.Cl. The molecule has 148 valence electrons. The van der Waals surface area contributed by atoms with Gasteiger partial charge in [-0.05, 0) is 62.7 Å². The normalized spacial score (nSPS) is 10.4. The first-order chi connectivity index (χ1) is 12.6. The number of aryl methyl sites for hydroxylation is 1. The van der Waals surface area contributed by atoms with Gasteiger partial charge < -0.3 is 15.0 Å². The van der Waals surface area contributed by atoms with E-state index in [1.165, 1.54) is 11.1 Å². The number of rotatable bonds is 9. The molecule has 0 aliphatic rings. The fourth-order valence-electron chi connectivity index (χ4n) is 2.87. The van der Waals surface area contributed by atoms with Gasteiger partial charge in [0, 0.05) is 12.2 Å². The third-order valence-electron chi connectivity index (χ3n) is 4.77. The number of carbonyl (C=O) groups excluding carboxylic acids is 1. The van der Waals surface area contributed by atoms with Crippen LogP contribution in [-0.2, 0) is 4.74 Å². The summed E-state index contributed by atoms with van der Waals surface area (Å²) in [7, 11) is 0.